The van der Waals surface area contributed by atoms with E-state index in [-0.39, 0.29) is 30.7 Å². The molecule has 25 heavy (non-hydrogen) atoms. The number of rotatable bonds is 4. The van der Waals surface area contributed by atoms with Crippen LogP contribution in [0.1, 0.15) is 26.2 Å². The average molecular weight is 343 g/mol. The molecule has 0 bridgehead atoms. The zero-order chi connectivity index (χ0) is 17.8. The minimum atomic E-state index is -0.628. The van der Waals surface area contributed by atoms with Crippen LogP contribution < -0.4 is 5.56 Å². The molecule has 0 saturated carbocycles. The first-order valence-corrected chi connectivity index (χ1v) is 8.45. The van der Waals surface area contributed by atoms with Gasteiger partial charge in [0.05, 0.1) is 17.2 Å². The molecule has 1 aromatic heterocycles. The molecule has 1 amide bonds. The lowest BCUT2D eigenvalue weighted by Gasteiger charge is -2.33. The summed E-state index contributed by atoms with van der Waals surface area (Å²) in [4.78, 5) is 42.4. The molecule has 0 aliphatic carbocycles. The van der Waals surface area contributed by atoms with Crippen LogP contribution >= 0.6 is 0 Å². The van der Waals surface area contributed by atoms with Gasteiger partial charge in [0, 0.05) is 12.6 Å². The number of aromatic nitrogens is 2. The highest BCUT2D eigenvalue weighted by Crippen LogP contribution is 2.16. The Hall–Kier alpha value is -2.70. The molecule has 0 spiro atoms. The molecule has 2 aromatic rings. The molecule has 3 rings (SSSR count). The molecular formula is C18H21N3O4. The Labute approximate surface area is 145 Å². The van der Waals surface area contributed by atoms with Gasteiger partial charge in [0.2, 0.25) is 0 Å². The van der Waals surface area contributed by atoms with Crippen molar-refractivity contribution in [2.75, 3.05) is 13.2 Å². The van der Waals surface area contributed by atoms with Crippen molar-refractivity contribution < 1.29 is 14.3 Å². The van der Waals surface area contributed by atoms with E-state index in [1.807, 2.05) is 6.92 Å². The third-order valence-corrected chi connectivity index (χ3v) is 4.51. The van der Waals surface area contributed by atoms with E-state index in [0.717, 1.165) is 19.3 Å². The fourth-order valence-corrected chi connectivity index (χ4v) is 3.10. The Morgan fingerprint density at radius 1 is 1.28 bits per heavy atom. The molecule has 2 heterocycles. The Kier molecular flexibility index (Phi) is 5.11. The molecule has 1 aliphatic heterocycles. The molecule has 0 unspecified atom stereocenters. The fourth-order valence-electron chi connectivity index (χ4n) is 3.10. The van der Waals surface area contributed by atoms with Crippen molar-refractivity contribution in [3.63, 3.8) is 0 Å². The first-order valence-electron chi connectivity index (χ1n) is 8.45. The van der Waals surface area contributed by atoms with Crippen LogP contribution in [-0.2, 0) is 20.9 Å². The maximum atomic E-state index is 12.3. The topological polar surface area (TPSA) is 81.5 Å². The number of nitrogens with zero attached hydrogens (tertiary/aromatic N) is 3. The molecule has 0 radical (unpaired) electrons. The summed E-state index contributed by atoms with van der Waals surface area (Å²) in [6, 6.07) is 7.10. The van der Waals surface area contributed by atoms with Crippen molar-refractivity contribution >= 4 is 22.8 Å². The highest BCUT2D eigenvalue weighted by atomic mass is 16.5. The van der Waals surface area contributed by atoms with Crippen LogP contribution in [0.4, 0.5) is 0 Å². The molecule has 7 nitrogen and oxygen atoms in total. The summed E-state index contributed by atoms with van der Waals surface area (Å²) >= 11 is 0. The lowest BCUT2D eigenvalue weighted by atomic mass is 10.0. The van der Waals surface area contributed by atoms with Crippen LogP contribution in [0.5, 0.6) is 0 Å². The molecule has 1 fully saturated rings. The number of likely N-dealkylation sites (tertiary alicyclic amines) is 1. The van der Waals surface area contributed by atoms with Gasteiger partial charge in [-0.1, -0.05) is 12.1 Å². The van der Waals surface area contributed by atoms with Gasteiger partial charge in [0.1, 0.15) is 6.54 Å². The second kappa shape index (κ2) is 7.46. The Bertz CT molecular complexity index is 846. The summed E-state index contributed by atoms with van der Waals surface area (Å²) in [7, 11) is 0. The number of fused-ring (bicyclic) bond motifs is 1. The van der Waals surface area contributed by atoms with Crippen LogP contribution in [0, 0.1) is 0 Å². The number of hydrogen-bond acceptors (Lipinski definition) is 5. The summed E-state index contributed by atoms with van der Waals surface area (Å²) < 4.78 is 6.25. The minimum Gasteiger partial charge on any atom is -0.454 e. The largest absolute Gasteiger partial charge is 0.454 e. The van der Waals surface area contributed by atoms with Crippen LogP contribution in [0.15, 0.2) is 35.4 Å². The highest BCUT2D eigenvalue weighted by Gasteiger charge is 2.24. The van der Waals surface area contributed by atoms with E-state index in [0.29, 0.717) is 17.4 Å². The second-order valence-electron chi connectivity index (χ2n) is 6.29. The predicted octanol–water partition coefficient (Wildman–Crippen LogP) is 1.34. The first kappa shape index (κ1) is 17.1. The normalized spacial score (nSPS) is 17.5. The van der Waals surface area contributed by atoms with Crippen LogP contribution in [-0.4, -0.2) is 45.5 Å². The van der Waals surface area contributed by atoms with Gasteiger partial charge in [-0.25, -0.2) is 4.98 Å². The summed E-state index contributed by atoms with van der Waals surface area (Å²) in [5.41, 5.74) is 0.268. The van der Waals surface area contributed by atoms with Gasteiger partial charge in [-0.05, 0) is 38.3 Å². The maximum Gasteiger partial charge on any atom is 0.326 e. The number of piperidine rings is 1. The van der Waals surface area contributed by atoms with Gasteiger partial charge < -0.3 is 9.64 Å². The SMILES string of the molecule is C[C@H]1CCCCN1C(=O)COC(=O)Cn1cnc2ccccc2c1=O. The van der Waals surface area contributed by atoms with E-state index in [2.05, 4.69) is 4.98 Å². The van der Waals surface area contributed by atoms with E-state index in [4.69, 9.17) is 4.74 Å². The van der Waals surface area contributed by atoms with Crippen molar-refractivity contribution in [2.24, 2.45) is 0 Å². The molecular weight excluding hydrogens is 322 g/mol. The third kappa shape index (κ3) is 3.87. The van der Waals surface area contributed by atoms with E-state index >= 15 is 0 Å². The second-order valence-corrected chi connectivity index (χ2v) is 6.29. The van der Waals surface area contributed by atoms with Crippen LogP contribution in [0.2, 0.25) is 0 Å². The molecule has 1 atom stereocenters. The van der Waals surface area contributed by atoms with Crippen LogP contribution in [0.25, 0.3) is 10.9 Å². The van der Waals surface area contributed by atoms with E-state index in [9.17, 15) is 14.4 Å². The van der Waals surface area contributed by atoms with Gasteiger partial charge in [-0.15, -0.1) is 0 Å². The number of carbonyl (C=O) groups excluding carboxylic acids is 2. The van der Waals surface area contributed by atoms with E-state index < -0.39 is 5.97 Å². The first-order chi connectivity index (χ1) is 12.1. The summed E-state index contributed by atoms with van der Waals surface area (Å²) in [5, 5.41) is 0.441. The van der Waals surface area contributed by atoms with Gasteiger partial charge >= 0.3 is 5.97 Å². The Morgan fingerprint density at radius 3 is 2.88 bits per heavy atom. The molecule has 1 aliphatic rings. The quantitative estimate of drug-likeness (QED) is 0.783. The van der Waals surface area contributed by atoms with Gasteiger partial charge in [-0.3, -0.25) is 19.0 Å². The van der Waals surface area contributed by atoms with E-state index in [1.165, 1.54) is 10.9 Å². The number of hydrogen-bond donors (Lipinski definition) is 0. The summed E-state index contributed by atoms with van der Waals surface area (Å²) in [5.74, 6) is -0.818. The Balaban J connectivity index is 1.60. The molecule has 7 heteroatoms. The van der Waals surface area contributed by atoms with Crippen molar-refractivity contribution in [3.05, 3.63) is 40.9 Å². The van der Waals surface area contributed by atoms with Crippen molar-refractivity contribution in [1.82, 2.24) is 14.5 Å². The number of para-hydroxylation sites is 1. The zero-order valence-corrected chi connectivity index (χ0v) is 14.2. The highest BCUT2D eigenvalue weighted by molar-refractivity contribution is 5.81. The zero-order valence-electron chi connectivity index (χ0n) is 14.2. The Morgan fingerprint density at radius 2 is 2.08 bits per heavy atom. The maximum absolute atomic E-state index is 12.3. The lowest BCUT2D eigenvalue weighted by molar-refractivity contribution is -0.154. The van der Waals surface area contributed by atoms with Crippen molar-refractivity contribution in [2.45, 2.75) is 38.8 Å². The number of ether oxygens (including phenoxy) is 1. The fraction of sp³-hybridized carbons (Fsp3) is 0.444. The predicted molar refractivity (Wildman–Crippen MR) is 92.0 cm³/mol. The standard InChI is InChI=1S/C18H21N3O4/c1-13-6-4-5-9-21(13)16(22)11-25-17(23)10-20-12-19-15-8-3-2-7-14(15)18(20)24/h2-3,7-8,12-13H,4-6,9-11H2,1H3/t13-/m0/s1. The number of esters is 1. The molecule has 0 N–H and O–H groups in total. The number of carbonyl (C=O) groups is 2. The van der Waals surface area contributed by atoms with Crippen molar-refractivity contribution in [1.29, 1.82) is 0 Å². The monoisotopic (exact) mass is 343 g/mol. The van der Waals surface area contributed by atoms with Crippen LogP contribution in [0.3, 0.4) is 0 Å². The summed E-state index contributed by atoms with van der Waals surface area (Å²) in [6.07, 6.45) is 4.38. The summed E-state index contributed by atoms with van der Waals surface area (Å²) in [6.45, 7) is 2.14. The third-order valence-electron chi connectivity index (χ3n) is 4.51. The lowest BCUT2D eigenvalue weighted by Crippen LogP contribution is -2.44. The smallest absolute Gasteiger partial charge is 0.326 e. The molecule has 132 valence electrons. The van der Waals surface area contributed by atoms with Gasteiger partial charge in [0.25, 0.3) is 11.5 Å². The van der Waals surface area contributed by atoms with Crippen molar-refractivity contribution in [3.8, 4) is 0 Å². The molecule has 1 aromatic carbocycles. The van der Waals surface area contributed by atoms with Gasteiger partial charge in [0.15, 0.2) is 6.61 Å². The number of amides is 1. The number of benzene rings is 1. The average Bonchev–Trinajstić information content (AvgIpc) is 2.63. The van der Waals surface area contributed by atoms with Gasteiger partial charge in [-0.2, -0.15) is 0 Å². The minimum absolute atomic E-state index is 0.173. The molecule has 1 saturated heterocycles. The van der Waals surface area contributed by atoms with E-state index in [1.54, 1.807) is 29.2 Å².